The number of hydrogen-bond acceptors (Lipinski definition) is 4. The van der Waals surface area contributed by atoms with Crippen LogP contribution in [0.1, 0.15) is 42.7 Å². The second-order valence-corrected chi connectivity index (χ2v) is 5.24. The lowest BCUT2D eigenvalue weighted by Crippen LogP contribution is -2.31. The summed E-state index contributed by atoms with van der Waals surface area (Å²) >= 11 is 0. The summed E-state index contributed by atoms with van der Waals surface area (Å²) in [6.07, 6.45) is 2.83. The van der Waals surface area contributed by atoms with Gasteiger partial charge in [-0.15, -0.1) is 0 Å². The van der Waals surface area contributed by atoms with E-state index in [0.717, 1.165) is 50.5 Å². The van der Waals surface area contributed by atoms with Crippen molar-refractivity contribution >= 4 is 11.8 Å². The average Bonchev–Trinajstić information content (AvgIpc) is 2.63. The van der Waals surface area contributed by atoms with Crippen LogP contribution in [0.25, 0.3) is 0 Å². The molecule has 2 rings (SSSR count). The molecule has 5 nitrogen and oxygen atoms in total. The monoisotopic (exact) mass is 278 g/mol. The van der Waals surface area contributed by atoms with E-state index in [1.165, 1.54) is 0 Å². The molecule has 2 heterocycles. The molecular weight excluding hydrogens is 256 g/mol. The smallest absolute Gasteiger partial charge is 0.335 e. The Bertz CT molecular complexity index is 476. The number of ether oxygens (including phenoxy) is 1. The minimum Gasteiger partial charge on any atom is -0.478 e. The molecule has 1 aliphatic heterocycles. The molecule has 0 bridgehead atoms. The number of nitrogens with zero attached hydrogens (tertiary/aromatic N) is 2. The van der Waals surface area contributed by atoms with Crippen molar-refractivity contribution in [2.24, 2.45) is 0 Å². The fraction of sp³-hybridized carbons (Fsp3) is 0.600. The zero-order valence-corrected chi connectivity index (χ0v) is 12.1. The number of aromatic nitrogens is 1. The van der Waals surface area contributed by atoms with E-state index in [0.29, 0.717) is 5.56 Å². The zero-order chi connectivity index (χ0) is 14.5. The van der Waals surface area contributed by atoms with Crippen molar-refractivity contribution in [1.82, 2.24) is 4.98 Å². The van der Waals surface area contributed by atoms with E-state index >= 15 is 0 Å². The van der Waals surface area contributed by atoms with Crippen LogP contribution in [0, 0.1) is 0 Å². The van der Waals surface area contributed by atoms with Gasteiger partial charge in [0.1, 0.15) is 5.82 Å². The molecule has 1 aromatic rings. The highest BCUT2D eigenvalue weighted by Gasteiger charge is 2.18. The van der Waals surface area contributed by atoms with E-state index in [1.54, 1.807) is 12.1 Å². The lowest BCUT2D eigenvalue weighted by atomic mass is 10.1. The van der Waals surface area contributed by atoms with Crippen LogP contribution < -0.4 is 4.90 Å². The number of hydrogen-bond donors (Lipinski definition) is 1. The van der Waals surface area contributed by atoms with Crippen molar-refractivity contribution < 1.29 is 14.6 Å². The van der Waals surface area contributed by atoms with Crippen molar-refractivity contribution in [2.75, 3.05) is 24.6 Å². The van der Waals surface area contributed by atoms with Gasteiger partial charge in [0, 0.05) is 25.4 Å². The maximum Gasteiger partial charge on any atom is 0.335 e. The number of carbonyl (C=O) groups is 1. The van der Waals surface area contributed by atoms with Gasteiger partial charge in [-0.3, -0.25) is 0 Å². The van der Waals surface area contributed by atoms with Crippen LogP contribution in [0.15, 0.2) is 12.1 Å². The Morgan fingerprint density at radius 2 is 2.35 bits per heavy atom. The largest absolute Gasteiger partial charge is 0.478 e. The standard InChI is InChI=1S/C15H22N2O3/c1-3-5-13-8-12(15(18)19)9-14(16-13)17-6-4-7-20-11(2)10-17/h8-9,11H,3-7,10H2,1-2H3,(H,18,19). The molecule has 1 aromatic heterocycles. The lowest BCUT2D eigenvalue weighted by molar-refractivity contribution is 0.0696. The van der Waals surface area contributed by atoms with Crippen molar-refractivity contribution in [1.29, 1.82) is 0 Å². The molecule has 5 heteroatoms. The van der Waals surface area contributed by atoms with Gasteiger partial charge in [-0.2, -0.15) is 0 Å². The second kappa shape index (κ2) is 6.70. The van der Waals surface area contributed by atoms with Gasteiger partial charge in [0.25, 0.3) is 0 Å². The lowest BCUT2D eigenvalue weighted by Gasteiger charge is -2.24. The van der Waals surface area contributed by atoms with Gasteiger partial charge < -0.3 is 14.7 Å². The maximum absolute atomic E-state index is 11.3. The van der Waals surface area contributed by atoms with Gasteiger partial charge in [-0.1, -0.05) is 13.3 Å². The van der Waals surface area contributed by atoms with Crippen molar-refractivity contribution in [3.05, 3.63) is 23.4 Å². The van der Waals surface area contributed by atoms with E-state index in [1.807, 2.05) is 6.92 Å². The first-order valence-corrected chi connectivity index (χ1v) is 7.21. The summed E-state index contributed by atoms with van der Waals surface area (Å²) in [6.45, 7) is 6.45. The molecule has 0 saturated carbocycles. The van der Waals surface area contributed by atoms with E-state index < -0.39 is 5.97 Å². The maximum atomic E-state index is 11.3. The summed E-state index contributed by atoms with van der Waals surface area (Å²) in [7, 11) is 0. The molecule has 0 aliphatic carbocycles. The second-order valence-electron chi connectivity index (χ2n) is 5.24. The van der Waals surface area contributed by atoms with Gasteiger partial charge in [0.05, 0.1) is 11.7 Å². The molecule has 110 valence electrons. The molecule has 1 aliphatic rings. The van der Waals surface area contributed by atoms with Gasteiger partial charge in [0.2, 0.25) is 0 Å². The van der Waals surface area contributed by atoms with E-state index in [4.69, 9.17) is 4.74 Å². The average molecular weight is 278 g/mol. The number of anilines is 1. The number of carboxylic acids is 1. The van der Waals surface area contributed by atoms with Crippen LogP contribution in [0.5, 0.6) is 0 Å². The first-order valence-electron chi connectivity index (χ1n) is 7.21. The quantitative estimate of drug-likeness (QED) is 0.916. The molecule has 0 radical (unpaired) electrons. The van der Waals surface area contributed by atoms with Gasteiger partial charge in [0.15, 0.2) is 0 Å². The molecule has 0 spiro atoms. The minimum absolute atomic E-state index is 0.141. The molecule has 1 saturated heterocycles. The normalized spacial score (nSPS) is 19.7. The summed E-state index contributed by atoms with van der Waals surface area (Å²) in [5.41, 5.74) is 1.16. The van der Waals surface area contributed by atoms with Gasteiger partial charge in [-0.25, -0.2) is 9.78 Å². The summed E-state index contributed by atoms with van der Waals surface area (Å²) in [5, 5.41) is 9.24. The summed E-state index contributed by atoms with van der Waals surface area (Å²) in [4.78, 5) is 18.0. The third-order valence-corrected chi connectivity index (χ3v) is 3.39. The summed E-state index contributed by atoms with van der Waals surface area (Å²) < 4.78 is 5.62. The Hall–Kier alpha value is -1.62. The van der Waals surface area contributed by atoms with Gasteiger partial charge in [-0.05, 0) is 31.9 Å². The Labute approximate surface area is 119 Å². The third kappa shape index (κ3) is 3.70. The highest BCUT2D eigenvalue weighted by molar-refractivity contribution is 5.88. The van der Waals surface area contributed by atoms with Crippen LogP contribution >= 0.6 is 0 Å². The number of aromatic carboxylic acids is 1. The topological polar surface area (TPSA) is 62.7 Å². The Morgan fingerprint density at radius 3 is 3.05 bits per heavy atom. The van der Waals surface area contributed by atoms with Crippen molar-refractivity contribution in [2.45, 2.75) is 39.2 Å². The Balaban J connectivity index is 2.30. The van der Waals surface area contributed by atoms with E-state index in [-0.39, 0.29) is 6.10 Å². The Kier molecular flexibility index (Phi) is 4.95. The van der Waals surface area contributed by atoms with Crippen LogP contribution in [0.4, 0.5) is 5.82 Å². The molecule has 20 heavy (non-hydrogen) atoms. The van der Waals surface area contributed by atoms with Gasteiger partial charge >= 0.3 is 5.97 Å². The highest BCUT2D eigenvalue weighted by atomic mass is 16.5. The van der Waals surface area contributed by atoms with Crippen LogP contribution in [-0.2, 0) is 11.2 Å². The van der Waals surface area contributed by atoms with Crippen molar-refractivity contribution in [3.8, 4) is 0 Å². The number of aryl methyl sites for hydroxylation is 1. The minimum atomic E-state index is -0.898. The molecule has 0 amide bonds. The highest BCUT2D eigenvalue weighted by Crippen LogP contribution is 2.19. The molecule has 1 N–H and O–H groups in total. The van der Waals surface area contributed by atoms with Crippen LogP contribution in [-0.4, -0.2) is 41.9 Å². The zero-order valence-electron chi connectivity index (χ0n) is 12.1. The number of rotatable bonds is 4. The predicted molar refractivity (Wildman–Crippen MR) is 77.4 cm³/mol. The number of carboxylic acid groups (broad SMARTS) is 1. The van der Waals surface area contributed by atoms with Crippen molar-refractivity contribution in [3.63, 3.8) is 0 Å². The Morgan fingerprint density at radius 1 is 1.55 bits per heavy atom. The SMILES string of the molecule is CCCc1cc(C(=O)O)cc(N2CCCOC(C)C2)n1. The number of pyridine rings is 1. The summed E-state index contributed by atoms with van der Waals surface area (Å²) in [6, 6.07) is 3.34. The molecule has 1 fully saturated rings. The first-order chi connectivity index (χ1) is 9.60. The van der Waals surface area contributed by atoms with E-state index in [2.05, 4.69) is 16.8 Å². The van der Waals surface area contributed by atoms with E-state index in [9.17, 15) is 9.90 Å². The first kappa shape index (κ1) is 14.8. The molecule has 1 unspecified atom stereocenters. The molecular formula is C15H22N2O3. The predicted octanol–water partition coefficient (Wildman–Crippen LogP) is 2.35. The fourth-order valence-electron chi connectivity index (χ4n) is 2.44. The van der Waals surface area contributed by atoms with Crippen LogP contribution in [0.2, 0.25) is 0 Å². The molecule has 1 atom stereocenters. The third-order valence-electron chi connectivity index (χ3n) is 3.39. The van der Waals surface area contributed by atoms with Crippen LogP contribution in [0.3, 0.4) is 0 Å². The summed E-state index contributed by atoms with van der Waals surface area (Å²) in [5.74, 6) is -0.143. The fourth-order valence-corrected chi connectivity index (χ4v) is 2.44. The molecule has 0 aromatic carbocycles.